The smallest absolute Gasteiger partial charge is 0.338 e. The highest BCUT2D eigenvalue weighted by Crippen LogP contribution is 2.29. The van der Waals surface area contributed by atoms with Crippen LogP contribution in [0.25, 0.3) is 0 Å². The third-order valence-corrected chi connectivity index (χ3v) is 4.60. The van der Waals surface area contributed by atoms with Gasteiger partial charge in [-0.25, -0.2) is 9.69 Å². The van der Waals surface area contributed by atoms with E-state index in [4.69, 9.17) is 9.26 Å². The van der Waals surface area contributed by atoms with E-state index in [0.29, 0.717) is 11.4 Å². The molecule has 2 heterocycles. The van der Waals surface area contributed by atoms with Gasteiger partial charge in [-0.2, -0.15) is 0 Å². The topological polar surface area (TPSA) is 119 Å². The Morgan fingerprint density at radius 1 is 1.03 bits per heavy atom. The lowest BCUT2D eigenvalue weighted by atomic mass is 10.1. The standard InChI is InChI=1S/C22H17N3O6/c1-12-4-3-5-15(8-12)23-19(26)11-30-22(29)14-6-7-16-17(10-14)21(28)25(20(16)27)18-9-13(2)31-24-18/h3-10H,11H2,1-2H3,(H,23,26). The average Bonchev–Trinajstić information content (AvgIpc) is 3.26. The normalized spacial score (nSPS) is 12.6. The van der Waals surface area contributed by atoms with Crippen LogP contribution in [0.15, 0.2) is 53.1 Å². The average molecular weight is 419 g/mol. The van der Waals surface area contributed by atoms with Crippen molar-refractivity contribution in [2.45, 2.75) is 13.8 Å². The molecule has 0 unspecified atom stereocenters. The summed E-state index contributed by atoms with van der Waals surface area (Å²) in [5.74, 6) is -1.97. The Morgan fingerprint density at radius 2 is 1.81 bits per heavy atom. The third kappa shape index (κ3) is 3.93. The highest BCUT2D eigenvalue weighted by molar-refractivity contribution is 6.34. The van der Waals surface area contributed by atoms with Gasteiger partial charge in [0.05, 0.1) is 16.7 Å². The number of esters is 1. The fourth-order valence-electron chi connectivity index (χ4n) is 3.17. The number of carbonyl (C=O) groups excluding carboxylic acids is 4. The number of benzene rings is 2. The molecule has 0 aliphatic carbocycles. The summed E-state index contributed by atoms with van der Waals surface area (Å²) in [6.07, 6.45) is 0. The summed E-state index contributed by atoms with van der Waals surface area (Å²) >= 11 is 0. The van der Waals surface area contributed by atoms with E-state index in [1.165, 1.54) is 24.3 Å². The molecule has 3 amide bonds. The minimum atomic E-state index is -0.793. The molecular weight excluding hydrogens is 402 g/mol. The van der Waals surface area contributed by atoms with Crippen molar-refractivity contribution in [2.75, 3.05) is 16.8 Å². The van der Waals surface area contributed by atoms with Crippen LogP contribution >= 0.6 is 0 Å². The molecule has 0 radical (unpaired) electrons. The van der Waals surface area contributed by atoms with E-state index in [-0.39, 0.29) is 22.5 Å². The zero-order valence-electron chi connectivity index (χ0n) is 16.7. The molecule has 1 N–H and O–H groups in total. The lowest BCUT2D eigenvalue weighted by molar-refractivity contribution is -0.119. The zero-order valence-corrected chi connectivity index (χ0v) is 16.7. The van der Waals surface area contributed by atoms with Crippen molar-refractivity contribution in [1.82, 2.24) is 5.16 Å². The van der Waals surface area contributed by atoms with Gasteiger partial charge < -0.3 is 14.6 Å². The second kappa shape index (κ2) is 7.86. The van der Waals surface area contributed by atoms with Gasteiger partial charge in [0.25, 0.3) is 17.7 Å². The van der Waals surface area contributed by atoms with E-state index < -0.39 is 30.3 Å². The van der Waals surface area contributed by atoms with Crippen molar-refractivity contribution in [3.8, 4) is 0 Å². The Balaban J connectivity index is 1.44. The second-order valence-electron chi connectivity index (χ2n) is 7.00. The maximum atomic E-state index is 12.7. The number of anilines is 2. The molecule has 0 bridgehead atoms. The molecule has 9 nitrogen and oxygen atoms in total. The van der Waals surface area contributed by atoms with Crippen molar-refractivity contribution in [2.24, 2.45) is 0 Å². The lowest BCUT2D eigenvalue weighted by Crippen LogP contribution is -2.29. The van der Waals surface area contributed by atoms with E-state index in [0.717, 1.165) is 10.5 Å². The summed E-state index contributed by atoms with van der Waals surface area (Å²) in [6.45, 7) is 3.03. The summed E-state index contributed by atoms with van der Waals surface area (Å²) in [4.78, 5) is 50.5. The van der Waals surface area contributed by atoms with Crippen LogP contribution in [0.1, 0.15) is 42.4 Å². The van der Waals surface area contributed by atoms with Crippen LogP contribution in [-0.4, -0.2) is 35.5 Å². The molecule has 9 heteroatoms. The van der Waals surface area contributed by atoms with E-state index >= 15 is 0 Å². The molecular formula is C22H17N3O6. The first kappa shape index (κ1) is 20.0. The van der Waals surface area contributed by atoms with Crippen molar-refractivity contribution >= 4 is 35.2 Å². The number of aryl methyl sites for hydroxylation is 2. The van der Waals surface area contributed by atoms with Crippen LogP contribution in [0, 0.1) is 13.8 Å². The van der Waals surface area contributed by atoms with Gasteiger partial charge in [-0.1, -0.05) is 17.3 Å². The minimum Gasteiger partial charge on any atom is -0.452 e. The highest BCUT2D eigenvalue weighted by atomic mass is 16.5. The monoisotopic (exact) mass is 419 g/mol. The molecule has 3 aromatic rings. The van der Waals surface area contributed by atoms with Gasteiger partial charge >= 0.3 is 5.97 Å². The lowest BCUT2D eigenvalue weighted by Gasteiger charge is -2.08. The van der Waals surface area contributed by atoms with Gasteiger partial charge in [0.1, 0.15) is 5.76 Å². The number of aromatic nitrogens is 1. The molecule has 1 aliphatic heterocycles. The molecule has 156 valence electrons. The molecule has 1 aromatic heterocycles. The van der Waals surface area contributed by atoms with Gasteiger partial charge in [0.2, 0.25) is 0 Å². The number of hydrogen-bond donors (Lipinski definition) is 1. The molecule has 31 heavy (non-hydrogen) atoms. The number of fused-ring (bicyclic) bond motifs is 1. The van der Waals surface area contributed by atoms with Crippen molar-refractivity contribution in [1.29, 1.82) is 0 Å². The first-order valence-corrected chi connectivity index (χ1v) is 9.33. The summed E-state index contributed by atoms with van der Waals surface area (Å²) in [7, 11) is 0. The summed E-state index contributed by atoms with van der Waals surface area (Å²) < 4.78 is 9.97. The molecule has 0 atom stereocenters. The Hall–Kier alpha value is -4.27. The molecule has 1 aliphatic rings. The van der Waals surface area contributed by atoms with Gasteiger partial charge in [0, 0.05) is 11.8 Å². The minimum absolute atomic E-state index is 0.0430. The van der Waals surface area contributed by atoms with E-state index in [1.54, 1.807) is 25.1 Å². The number of nitrogens with one attached hydrogen (secondary N) is 1. The molecule has 0 spiro atoms. The van der Waals surface area contributed by atoms with Crippen molar-refractivity contribution in [3.63, 3.8) is 0 Å². The first-order chi connectivity index (χ1) is 14.8. The van der Waals surface area contributed by atoms with Crippen LogP contribution in [-0.2, 0) is 9.53 Å². The predicted octanol–water partition coefficient (Wildman–Crippen LogP) is 2.89. The van der Waals surface area contributed by atoms with Crippen LogP contribution in [0.2, 0.25) is 0 Å². The van der Waals surface area contributed by atoms with Gasteiger partial charge in [-0.3, -0.25) is 14.4 Å². The van der Waals surface area contributed by atoms with Crippen molar-refractivity contribution in [3.05, 3.63) is 76.5 Å². The second-order valence-corrected chi connectivity index (χ2v) is 7.00. The fraction of sp³-hybridized carbons (Fsp3) is 0.136. The SMILES string of the molecule is Cc1cccc(NC(=O)COC(=O)c2ccc3c(c2)C(=O)N(c2cc(C)on2)C3=O)c1. The molecule has 0 saturated heterocycles. The Labute approximate surface area is 176 Å². The van der Waals surface area contributed by atoms with Crippen LogP contribution in [0.5, 0.6) is 0 Å². The van der Waals surface area contributed by atoms with Crippen LogP contribution in [0.3, 0.4) is 0 Å². The number of ether oxygens (including phenoxy) is 1. The molecule has 0 saturated carbocycles. The maximum absolute atomic E-state index is 12.7. The van der Waals surface area contributed by atoms with Gasteiger partial charge in [-0.15, -0.1) is 0 Å². The summed E-state index contributed by atoms with van der Waals surface area (Å²) in [5, 5.41) is 6.33. The number of rotatable bonds is 5. The van der Waals surface area contributed by atoms with E-state index in [9.17, 15) is 19.2 Å². The Kier molecular flexibility index (Phi) is 5.08. The fourth-order valence-corrected chi connectivity index (χ4v) is 3.17. The van der Waals surface area contributed by atoms with Crippen LogP contribution in [0.4, 0.5) is 11.5 Å². The number of imide groups is 1. The first-order valence-electron chi connectivity index (χ1n) is 9.33. The van der Waals surface area contributed by atoms with Gasteiger partial charge in [0.15, 0.2) is 12.4 Å². The summed E-state index contributed by atoms with van der Waals surface area (Å²) in [5.41, 5.74) is 1.79. The molecule has 2 aromatic carbocycles. The number of carbonyl (C=O) groups is 4. The maximum Gasteiger partial charge on any atom is 0.338 e. The zero-order chi connectivity index (χ0) is 22.1. The highest BCUT2D eigenvalue weighted by Gasteiger charge is 2.38. The molecule has 4 rings (SSSR count). The van der Waals surface area contributed by atoms with Gasteiger partial charge in [-0.05, 0) is 49.7 Å². The quantitative estimate of drug-likeness (QED) is 0.499. The predicted molar refractivity (Wildman–Crippen MR) is 109 cm³/mol. The third-order valence-electron chi connectivity index (χ3n) is 4.60. The van der Waals surface area contributed by atoms with E-state index in [2.05, 4.69) is 10.5 Å². The van der Waals surface area contributed by atoms with Crippen molar-refractivity contribution < 1.29 is 28.4 Å². The molecule has 0 fully saturated rings. The number of nitrogens with zero attached hydrogens (tertiary/aromatic N) is 2. The Morgan fingerprint density at radius 3 is 2.52 bits per heavy atom. The summed E-state index contributed by atoms with van der Waals surface area (Å²) in [6, 6.07) is 12.6. The Bertz CT molecular complexity index is 1230. The number of hydrogen-bond acceptors (Lipinski definition) is 7. The number of amides is 3. The van der Waals surface area contributed by atoms with Crippen LogP contribution < -0.4 is 10.2 Å². The van der Waals surface area contributed by atoms with E-state index in [1.807, 2.05) is 13.0 Å². The largest absolute Gasteiger partial charge is 0.452 e.